The number of ether oxygens (including phenoxy) is 4. The van der Waals surface area contributed by atoms with Crippen LogP contribution in [-0.4, -0.2) is 40.7 Å². The Bertz CT molecular complexity index is 1380. The monoisotopic (exact) mass is 617 g/mol. The lowest BCUT2D eigenvalue weighted by molar-refractivity contribution is -0.184. The molecule has 3 aliphatic rings. The van der Waals surface area contributed by atoms with Crippen molar-refractivity contribution in [2.75, 3.05) is 39.3 Å². The summed E-state index contributed by atoms with van der Waals surface area (Å²) >= 11 is 3.92. The normalized spacial score (nSPS) is 18.4. The molecule has 1 spiro atoms. The molecule has 0 radical (unpaired) electrons. The summed E-state index contributed by atoms with van der Waals surface area (Å²) in [5.41, 5.74) is 7.75. The van der Waals surface area contributed by atoms with E-state index in [9.17, 15) is 0 Å². The molecule has 6 heteroatoms. The number of aryl methyl sites for hydroxylation is 1. The third-order valence-electron chi connectivity index (χ3n) is 9.36. The van der Waals surface area contributed by atoms with Crippen molar-refractivity contribution < 1.29 is 18.9 Å². The molecule has 1 heterocycles. The number of nitrogens with zero attached hydrogens (tertiary/aromatic N) is 1. The van der Waals surface area contributed by atoms with Crippen LogP contribution in [0.3, 0.4) is 0 Å². The first-order chi connectivity index (χ1) is 20.0. The van der Waals surface area contributed by atoms with E-state index >= 15 is 0 Å². The van der Waals surface area contributed by atoms with Gasteiger partial charge in [-0.1, -0.05) is 52.3 Å². The molecule has 6 rings (SSSR count). The van der Waals surface area contributed by atoms with Crippen LogP contribution in [0.4, 0.5) is 5.69 Å². The second kappa shape index (κ2) is 12.2. The van der Waals surface area contributed by atoms with E-state index in [2.05, 4.69) is 69.4 Å². The molecule has 3 aromatic carbocycles. The van der Waals surface area contributed by atoms with Crippen LogP contribution in [0.25, 0.3) is 5.57 Å². The minimum absolute atomic E-state index is 0.0672. The van der Waals surface area contributed by atoms with E-state index in [1.165, 1.54) is 58.1 Å². The highest BCUT2D eigenvalue weighted by Gasteiger charge is 2.48. The molecule has 3 aromatic rings. The minimum atomic E-state index is -0.0672. The topological polar surface area (TPSA) is 40.2 Å². The number of fused-ring (bicyclic) bond motifs is 1. The van der Waals surface area contributed by atoms with E-state index in [-0.39, 0.29) is 6.29 Å². The molecular formula is C35H40BrNO4. The van der Waals surface area contributed by atoms with Gasteiger partial charge < -0.3 is 23.8 Å². The molecule has 2 fully saturated rings. The third kappa shape index (κ3) is 5.79. The first kappa shape index (κ1) is 28.3. The van der Waals surface area contributed by atoms with Crippen molar-refractivity contribution in [3.8, 4) is 11.5 Å². The number of allylic oxidation sites excluding steroid dienone is 1. The molecule has 0 atom stereocenters. The molecule has 1 saturated heterocycles. The van der Waals surface area contributed by atoms with E-state index in [0.29, 0.717) is 17.9 Å². The van der Waals surface area contributed by atoms with Crippen molar-refractivity contribution in [3.63, 3.8) is 0 Å². The van der Waals surface area contributed by atoms with Gasteiger partial charge in [0.15, 0.2) is 6.29 Å². The molecule has 1 aliphatic heterocycles. The average molecular weight is 619 g/mol. The Balaban J connectivity index is 1.16. The number of methoxy groups -OCH3 is 3. The molecule has 1 saturated carbocycles. The van der Waals surface area contributed by atoms with Gasteiger partial charge in [-0.2, -0.15) is 0 Å². The van der Waals surface area contributed by atoms with E-state index in [1.54, 1.807) is 21.3 Å². The van der Waals surface area contributed by atoms with E-state index in [4.69, 9.17) is 18.9 Å². The lowest BCUT2D eigenvalue weighted by Crippen LogP contribution is -2.50. The first-order valence-electron chi connectivity index (χ1n) is 14.7. The van der Waals surface area contributed by atoms with Crippen LogP contribution in [0.2, 0.25) is 0 Å². The standard InChI is InChI=1S/C35H40BrNO4/c1-38-32-20-27(37-17-15-35(16-18-37)21-26(22-35)34(39-2)40-3)10-12-30(32)33-29-13-11-28(19-25(29)9-14-31(33)36)41-23-24-7-5-4-6-8-24/h4-8,10-13,19-20,26,34H,9,14-18,21-23H2,1-3H3. The number of halogens is 1. The SMILES string of the molecule is COc1cc(N2CCC3(CC2)CC(C(OC)OC)C3)ccc1C1=C(Br)CCc2cc(OCc3ccccc3)ccc21. The number of hydrogen-bond donors (Lipinski definition) is 0. The van der Waals surface area contributed by atoms with Crippen molar-refractivity contribution in [2.45, 2.75) is 51.4 Å². The zero-order chi connectivity index (χ0) is 28.4. The minimum Gasteiger partial charge on any atom is -0.496 e. The number of hydrogen-bond acceptors (Lipinski definition) is 5. The number of rotatable bonds is 9. The van der Waals surface area contributed by atoms with Crippen LogP contribution in [0.5, 0.6) is 11.5 Å². The quantitative estimate of drug-likeness (QED) is 0.228. The van der Waals surface area contributed by atoms with Gasteiger partial charge in [-0.05, 0) is 84.9 Å². The molecule has 216 valence electrons. The van der Waals surface area contributed by atoms with Crippen molar-refractivity contribution in [3.05, 3.63) is 93.5 Å². The maximum atomic E-state index is 6.14. The van der Waals surface area contributed by atoms with Gasteiger partial charge in [0.25, 0.3) is 0 Å². The molecule has 0 amide bonds. The van der Waals surface area contributed by atoms with E-state index < -0.39 is 0 Å². The second-order valence-corrected chi connectivity index (χ2v) is 12.7. The maximum Gasteiger partial charge on any atom is 0.159 e. The van der Waals surface area contributed by atoms with Gasteiger partial charge in [0.05, 0.1) is 7.11 Å². The summed E-state index contributed by atoms with van der Waals surface area (Å²) in [6.45, 7) is 2.71. The Labute approximate surface area is 252 Å². The highest BCUT2D eigenvalue weighted by atomic mass is 79.9. The highest BCUT2D eigenvalue weighted by molar-refractivity contribution is 9.11. The van der Waals surface area contributed by atoms with Crippen molar-refractivity contribution in [2.24, 2.45) is 11.3 Å². The fraction of sp³-hybridized carbons (Fsp3) is 0.429. The molecule has 0 aromatic heterocycles. The van der Waals surface area contributed by atoms with Crippen molar-refractivity contribution >= 4 is 27.2 Å². The van der Waals surface area contributed by atoms with Gasteiger partial charge in [0.2, 0.25) is 0 Å². The fourth-order valence-corrected chi connectivity index (χ4v) is 7.74. The summed E-state index contributed by atoms with van der Waals surface area (Å²) in [7, 11) is 5.28. The van der Waals surface area contributed by atoms with Crippen LogP contribution in [0.15, 0.2) is 71.2 Å². The summed E-state index contributed by atoms with van der Waals surface area (Å²) in [6.07, 6.45) is 6.71. The van der Waals surface area contributed by atoms with Gasteiger partial charge in [0, 0.05) is 60.6 Å². The molecular weight excluding hydrogens is 578 g/mol. The highest BCUT2D eigenvalue weighted by Crippen LogP contribution is 2.54. The molecule has 2 aliphatic carbocycles. The van der Waals surface area contributed by atoms with Gasteiger partial charge in [-0.25, -0.2) is 0 Å². The van der Waals surface area contributed by atoms with E-state index in [0.717, 1.165) is 43.0 Å². The predicted molar refractivity (Wildman–Crippen MR) is 168 cm³/mol. The van der Waals surface area contributed by atoms with Gasteiger partial charge in [-0.3, -0.25) is 0 Å². The lowest BCUT2D eigenvalue weighted by Gasteiger charge is -2.54. The molecule has 0 N–H and O–H groups in total. The summed E-state index contributed by atoms with van der Waals surface area (Å²) in [5.74, 6) is 2.35. The second-order valence-electron chi connectivity index (χ2n) is 11.8. The number of anilines is 1. The van der Waals surface area contributed by atoms with Gasteiger partial charge in [0.1, 0.15) is 18.1 Å². The van der Waals surface area contributed by atoms with Crippen LogP contribution in [0, 0.1) is 11.3 Å². The Hall–Kier alpha value is -2.80. The molecule has 5 nitrogen and oxygen atoms in total. The lowest BCUT2D eigenvalue weighted by atomic mass is 9.57. The van der Waals surface area contributed by atoms with Crippen LogP contribution in [0.1, 0.15) is 54.4 Å². The number of piperidine rings is 1. The van der Waals surface area contributed by atoms with Crippen LogP contribution in [-0.2, 0) is 22.5 Å². The van der Waals surface area contributed by atoms with Crippen LogP contribution < -0.4 is 14.4 Å². The van der Waals surface area contributed by atoms with Crippen LogP contribution >= 0.6 is 15.9 Å². The maximum absolute atomic E-state index is 6.14. The molecule has 0 bridgehead atoms. The Morgan fingerprint density at radius 3 is 2.32 bits per heavy atom. The Kier molecular flexibility index (Phi) is 8.43. The Morgan fingerprint density at radius 1 is 0.878 bits per heavy atom. The summed E-state index contributed by atoms with van der Waals surface area (Å²) in [6, 6.07) is 23.5. The zero-order valence-electron chi connectivity index (χ0n) is 24.3. The first-order valence-corrected chi connectivity index (χ1v) is 15.5. The third-order valence-corrected chi connectivity index (χ3v) is 10.2. The summed E-state index contributed by atoms with van der Waals surface area (Å²) < 4.78 is 24.4. The van der Waals surface area contributed by atoms with Gasteiger partial charge in [-0.15, -0.1) is 0 Å². The fourth-order valence-electron chi connectivity index (χ4n) is 7.12. The Morgan fingerprint density at radius 2 is 1.61 bits per heavy atom. The van der Waals surface area contributed by atoms with E-state index in [1.807, 2.05) is 18.2 Å². The summed E-state index contributed by atoms with van der Waals surface area (Å²) in [5, 5.41) is 0. The van der Waals surface area contributed by atoms with Crippen molar-refractivity contribution in [1.29, 1.82) is 0 Å². The molecule has 0 unspecified atom stereocenters. The van der Waals surface area contributed by atoms with Crippen molar-refractivity contribution in [1.82, 2.24) is 0 Å². The summed E-state index contributed by atoms with van der Waals surface area (Å²) in [4.78, 5) is 2.52. The molecule has 41 heavy (non-hydrogen) atoms. The zero-order valence-corrected chi connectivity index (χ0v) is 25.9. The smallest absolute Gasteiger partial charge is 0.159 e. The number of benzene rings is 3. The van der Waals surface area contributed by atoms with Gasteiger partial charge >= 0.3 is 0 Å². The largest absolute Gasteiger partial charge is 0.496 e. The average Bonchev–Trinajstić information content (AvgIpc) is 3.00. The predicted octanol–water partition coefficient (Wildman–Crippen LogP) is 7.99.